The molecule has 2 rings (SSSR count). The van der Waals surface area contributed by atoms with Gasteiger partial charge in [0.25, 0.3) is 5.91 Å². The first-order valence-electron chi connectivity index (χ1n) is 6.38. The van der Waals surface area contributed by atoms with E-state index in [0.717, 1.165) is 0 Å². The van der Waals surface area contributed by atoms with Crippen molar-refractivity contribution in [3.8, 4) is 5.75 Å². The summed E-state index contributed by atoms with van der Waals surface area (Å²) in [5, 5.41) is 7.74. The summed E-state index contributed by atoms with van der Waals surface area (Å²) in [5.74, 6) is 0.170. The normalized spacial score (nSPS) is 10.7. The highest BCUT2D eigenvalue weighted by atomic mass is 35.5. The quantitative estimate of drug-likeness (QED) is 0.916. The Morgan fingerprint density at radius 2 is 2.00 bits per heavy atom. The van der Waals surface area contributed by atoms with E-state index in [1.54, 1.807) is 30.5 Å². The van der Waals surface area contributed by atoms with Crippen LogP contribution in [0.3, 0.4) is 0 Å². The molecular formula is C14H15Cl2N3O2. The van der Waals surface area contributed by atoms with Gasteiger partial charge in [-0.25, -0.2) is 4.68 Å². The molecule has 0 spiro atoms. The molecule has 0 fully saturated rings. The van der Waals surface area contributed by atoms with Crippen LogP contribution < -0.4 is 10.1 Å². The van der Waals surface area contributed by atoms with Crippen LogP contribution in [0.4, 0.5) is 0 Å². The van der Waals surface area contributed by atoms with Crippen molar-refractivity contribution >= 4 is 29.1 Å². The second kappa shape index (κ2) is 6.83. The maximum atomic E-state index is 11.8. The van der Waals surface area contributed by atoms with Gasteiger partial charge in [0.1, 0.15) is 5.69 Å². The number of ether oxygens (including phenoxy) is 1. The Morgan fingerprint density at radius 1 is 1.33 bits per heavy atom. The molecule has 0 radical (unpaired) electrons. The van der Waals surface area contributed by atoms with Crippen LogP contribution in [0.15, 0.2) is 30.5 Å². The molecule has 1 amide bonds. The van der Waals surface area contributed by atoms with Crippen LogP contribution in [-0.2, 0) is 6.73 Å². The fraction of sp³-hybridized carbons (Fsp3) is 0.286. The van der Waals surface area contributed by atoms with Gasteiger partial charge in [-0.15, -0.1) is 0 Å². The van der Waals surface area contributed by atoms with Gasteiger partial charge in [-0.2, -0.15) is 5.10 Å². The third-order valence-electron chi connectivity index (χ3n) is 2.55. The summed E-state index contributed by atoms with van der Waals surface area (Å²) < 4.78 is 7.03. The van der Waals surface area contributed by atoms with Crippen LogP contribution >= 0.6 is 23.2 Å². The highest BCUT2D eigenvalue weighted by Crippen LogP contribution is 2.32. The molecule has 0 aliphatic rings. The van der Waals surface area contributed by atoms with Gasteiger partial charge >= 0.3 is 0 Å². The van der Waals surface area contributed by atoms with Gasteiger partial charge in [-0.05, 0) is 32.0 Å². The molecule has 1 heterocycles. The van der Waals surface area contributed by atoms with Crippen LogP contribution in [0, 0.1) is 0 Å². The van der Waals surface area contributed by atoms with Crippen LogP contribution in [-0.4, -0.2) is 21.7 Å². The van der Waals surface area contributed by atoms with E-state index in [1.165, 1.54) is 4.68 Å². The molecule has 0 atom stereocenters. The number of carbonyl (C=O) groups is 1. The van der Waals surface area contributed by atoms with Crippen LogP contribution in [0.5, 0.6) is 5.75 Å². The Morgan fingerprint density at radius 3 is 2.62 bits per heavy atom. The molecule has 0 saturated heterocycles. The Bertz CT molecular complexity index is 621. The number of nitrogens with zero attached hydrogens (tertiary/aromatic N) is 2. The second-order valence-electron chi connectivity index (χ2n) is 4.69. The molecule has 0 saturated carbocycles. The van der Waals surface area contributed by atoms with Crippen LogP contribution in [0.2, 0.25) is 10.0 Å². The van der Waals surface area contributed by atoms with E-state index in [2.05, 4.69) is 10.4 Å². The molecular weight excluding hydrogens is 313 g/mol. The SMILES string of the molecule is CC(C)NC(=O)c1ccn(COc2c(Cl)cccc2Cl)n1. The van der Waals surface area contributed by atoms with Crippen molar-refractivity contribution in [2.45, 2.75) is 26.6 Å². The molecule has 1 aromatic carbocycles. The van der Waals surface area contributed by atoms with Gasteiger partial charge in [0.15, 0.2) is 12.5 Å². The minimum Gasteiger partial charge on any atom is -0.468 e. The first-order valence-corrected chi connectivity index (χ1v) is 7.14. The third-order valence-corrected chi connectivity index (χ3v) is 3.15. The van der Waals surface area contributed by atoms with Gasteiger partial charge in [0.2, 0.25) is 0 Å². The number of rotatable bonds is 5. The summed E-state index contributed by atoms with van der Waals surface area (Å²) >= 11 is 12.0. The molecule has 21 heavy (non-hydrogen) atoms. The van der Waals surface area contributed by atoms with Crippen LogP contribution in [0.1, 0.15) is 24.3 Å². The number of aromatic nitrogens is 2. The number of hydrogen-bond donors (Lipinski definition) is 1. The van der Waals surface area contributed by atoms with Gasteiger partial charge < -0.3 is 10.1 Å². The zero-order chi connectivity index (χ0) is 15.4. The number of hydrogen-bond acceptors (Lipinski definition) is 3. The smallest absolute Gasteiger partial charge is 0.271 e. The van der Waals surface area contributed by atoms with E-state index in [-0.39, 0.29) is 18.7 Å². The lowest BCUT2D eigenvalue weighted by Crippen LogP contribution is -2.30. The zero-order valence-corrected chi connectivity index (χ0v) is 13.1. The highest BCUT2D eigenvalue weighted by molar-refractivity contribution is 6.37. The fourth-order valence-corrected chi connectivity index (χ4v) is 2.15. The fourth-order valence-electron chi connectivity index (χ4n) is 1.64. The molecule has 1 N–H and O–H groups in total. The molecule has 0 aliphatic carbocycles. The number of para-hydroxylation sites is 1. The van der Waals surface area contributed by atoms with Crippen molar-refractivity contribution in [3.63, 3.8) is 0 Å². The minimum atomic E-state index is -0.223. The maximum Gasteiger partial charge on any atom is 0.271 e. The van der Waals surface area contributed by atoms with E-state index in [0.29, 0.717) is 21.5 Å². The van der Waals surface area contributed by atoms with E-state index < -0.39 is 0 Å². The van der Waals surface area contributed by atoms with Crippen molar-refractivity contribution in [1.29, 1.82) is 0 Å². The lowest BCUT2D eigenvalue weighted by atomic mass is 10.3. The predicted molar refractivity (Wildman–Crippen MR) is 81.9 cm³/mol. The molecule has 0 bridgehead atoms. The van der Waals surface area contributed by atoms with Gasteiger partial charge in [-0.1, -0.05) is 29.3 Å². The monoisotopic (exact) mass is 327 g/mol. The molecule has 5 nitrogen and oxygen atoms in total. The second-order valence-corrected chi connectivity index (χ2v) is 5.51. The molecule has 112 valence electrons. The van der Waals surface area contributed by atoms with Gasteiger partial charge in [0.05, 0.1) is 10.0 Å². The molecule has 2 aromatic rings. The van der Waals surface area contributed by atoms with Crippen molar-refractivity contribution in [2.24, 2.45) is 0 Å². The number of amides is 1. The maximum absolute atomic E-state index is 11.8. The lowest BCUT2D eigenvalue weighted by molar-refractivity contribution is 0.0936. The average Bonchev–Trinajstić information content (AvgIpc) is 2.86. The van der Waals surface area contributed by atoms with E-state index >= 15 is 0 Å². The summed E-state index contributed by atoms with van der Waals surface area (Å²) in [4.78, 5) is 11.8. The Labute approximate surface area is 132 Å². The number of halogens is 2. The molecule has 7 heteroatoms. The van der Waals surface area contributed by atoms with Gasteiger partial charge in [-0.3, -0.25) is 4.79 Å². The Hall–Kier alpha value is -1.72. The number of nitrogens with one attached hydrogen (secondary N) is 1. The van der Waals surface area contributed by atoms with Gasteiger partial charge in [0, 0.05) is 12.2 Å². The number of benzene rings is 1. The van der Waals surface area contributed by atoms with Crippen molar-refractivity contribution in [1.82, 2.24) is 15.1 Å². The van der Waals surface area contributed by atoms with E-state index in [4.69, 9.17) is 27.9 Å². The average molecular weight is 328 g/mol. The Kier molecular flexibility index (Phi) is 5.09. The van der Waals surface area contributed by atoms with Crippen molar-refractivity contribution in [2.75, 3.05) is 0 Å². The lowest BCUT2D eigenvalue weighted by Gasteiger charge is -2.09. The van der Waals surface area contributed by atoms with Crippen LogP contribution in [0.25, 0.3) is 0 Å². The highest BCUT2D eigenvalue weighted by Gasteiger charge is 2.11. The first-order chi connectivity index (χ1) is 9.97. The topological polar surface area (TPSA) is 56.2 Å². The minimum absolute atomic E-state index is 0.0563. The molecule has 1 aromatic heterocycles. The Balaban J connectivity index is 2.02. The van der Waals surface area contributed by atoms with E-state index in [1.807, 2.05) is 13.8 Å². The van der Waals surface area contributed by atoms with Crippen molar-refractivity contribution < 1.29 is 9.53 Å². The predicted octanol–water partition coefficient (Wildman–Crippen LogP) is 3.36. The van der Waals surface area contributed by atoms with E-state index in [9.17, 15) is 4.79 Å². The summed E-state index contributed by atoms with van der Waals surface area (Å²) in [6.07, 6.45) is 1.65. The first kappa shape index (κ1) is 15.7. The largest absolute Gasteiger partial charge is 0.468 e. The van der Waals surface area contributed by atoms with Crippen molar-refractivity contribution in [3.05, 3.63) is 46.2 Å². The molecule has 0 aliphatic heterocycles. The molecule has 0 unspecified atom stereocenters. The summed E-state index contributed by atoms with van der Waals surface area (Å²) in [5.41, 5.74) is 0.331. The summed E-state index contributed by atoms with van der Waals surface area (Å²) in [7, 11) is 0. The number of carbonyl (C=O) groups excluding carboxylic acids is 1. The summed E-state index contributed by atoms with van der Waals surface area (Å²) in [6, 6.07) is 6.79. The zero-order valence-electron chi connectivity index (χ0n) is 11.6. The summed E-state index contributed by atoms with van der Waals surface area (Å²) in [6.45, 7) is 3.88. The standard InChI is InChI=1S/C14H15Cl2N3O2/c1-9(2)17-14(20)12-6-7-19(18-12)8-21-13-10(15)4-3-5-11(13)16/h3-7,9H,8H2,1-2H3,(H,17,20). The third kappa shape index (κ3) is 4.12.